The van der Waals surface area contributed by atoms with Gasteiger partial charge in [-0.15, -0.1) is 0 Å². The van der Waals surface area contributed by atoms with Crippen LogP contribution in [-0.2, 0) is 19.1 Å². The summed E-state index contributed by atoms with van der Waals surface area (Å²) in [4.78, 5) is 38.1. The molecule has 8 nitrogen and oxygen atoms in total. The molecule has 0 aromatic rings. The fourth-order valence-electron chi connectivity index (χ4n) is 1.64. The van der Waals surface area contributed by atoms with E-state index in [2.05, 4.69) is 14.9 Å². The van der Waals surface area contributed by atoms with Crippen LogP contribution in [0.15, 0.2) is 0 Å². The van der Waals surface area contributed by atoms with Gasteiger partial charge in [-0.3, -0.25) is 4.79 Å². The molecule has 0 heterocycles. The van der Waals surface area contributed by atoms with Crippen molar-refractivity contribution in [3.63, 3.8) is 0 Å². The van der Waals surface area contributed by atoms with Gasteiger partial charge in [0.1, 0.15) is 18.2 Å². The number of nitrogens with zero attached hydrogens (tertiary/aromatic N) is 1. The van der Waals surface area contributed by atoms with E-state index < -0.39 is 42.0 Å². The second-order valence-corrected chi connectivity index (χ2v) is 5.62. The van der Waals surface area contributed by atoms with Gasteiger partial charge in [0.25, 0.3) is 0 Å². The summed E-state index contributed by atoms with van der Waals surface area (Å²) in [5, 5.41) is 11.2. The number of Topliss-reactive ketones (excluding diaryl/α,β-unsaturated/α-hetero) is 1. The minimum absolute atomic E-state index is 0.145. The van der Waals surface area contributed by atoms with E-state index >= 15 is 0 Å². The maximum Gasteiger partial charge on any atom is 0.408 e. The third-order valence-electron chi connectivity index (χ3n) is 2.62. The van der Waals surface area contributed by atoms with E-state index in [9.17, 15) is 14.4 Å². The number of amides is 1. The molecule has 0 aliphatic carbocycles. The molecular weight excluding hydrogens is 292 g/mol. The third kappa shape index (κ3) is 7.59. The van der Waals surface area contributed by atoms with Crippen molar-refractivity contribution in [1.82, 2.24) is 5.32 Å². The fraction of sp³-hybridized carbons (Fsp3) is 0.714. The second-order valence-electron chi connectivity index (χ2n) is 5.62. The summed E-state index contributed by atoms with van der Waals surface area (Å²) in [6, 6.07) is -1.14. The van der Waals surface area contributed by atoms with Crippen LogP contribution in [0.2, 0.25) is 0 Å². The fourth-order valence-corrected chi connectivity index (χ4v) is 1.64. The van der Waals surface area contributed by atoms with Crippen molar-refractivity contribution in [2.45, 2.75) is 38.8 Å². The Balaban J connectivity index is 4.98. The van der Waals surface area contributed by atoms with Gasteiger partial charge in [0.05, 0.1) is 13.0 Å². The van der Waals surface area contributed by atoms with E-state index in [-0.39, 0.29) is 13.0 Å². The molecule has 0 radical (unpaired) electrons. The van der Waals surface area contributed by atoms with E-state index in [0.717, 1.165) is 7.11 Å². The highest BCUT2D eigenvalue weighted by molar-refractivity contribution is 5.85. The van der Waals surface area contributed by atoms with Crippen LogP contribution in [0.1, 0.15) is 27.2 Å². The van der Waals surface area contributed by atoms with Crippen LogP contribution in [0.25, 0.3) is 4.85 Å². The number of hydrogen-bond donors (Lipinski definition) is 2. The molecule has 124 valence electrons. The van der Waals surface area contributed by atoms with Gasteiger partial charge < -0.3 is 24.7 Å². The molecular formula is C14H22N2O6. The molecule has 0 unspecified atom stereocenters. The minimum atomic E-state index is -1.14. The molecule has 2 atom stereocenters. The molecule has 22 heavy (non-hydrogen) atoms. The summed E-state index contributed by atoms with van der Waals surface area (Å²) in [6.07, 6.45) is -0.978. The number of nitrogens with one attached hydrogen (secondary N) is 1. The van der Waals surface area contributed by atoms with Crippen LogP contribution in [0.5, 0.6) is 0 Å². The highest BCUT2D eigenvalue weighted by Gasteiger charge is 2.31. The van der Waals surface area contributed by atoms with Crippen LogP contribution < -0.4 is 5.32 Å². The molecule has 0 bridgehead atoms. The van der Waals surface area contributed by atoms with Crippen LogP contribution in [0, 0.1) is 12.5 Å². The first-order valence-electron chi connectivity index (χ1n) is 6.68. The number of hydrogen-bond acceptors (Lipinski definition) is 6. The number of ketones is 1. The van der Waals surface area contributed by atoms with Gasteiger partial charge in [-0.1, -0.05) is 0 Å². The van der Waals surface area contributed by atoms with Gasteiger partial charge in [0.2, 0.25) is 6.54 Å². The summed E-state index contributed by atoms with van der Waals surface area (Å²) >= 11 is 0. The number of alkyl carbamates (subject to hydrolysis) is 1. The number of methoxy groups -OCH3 is 1. The summed E-state index contributed by atoms with van der Waals surface area (Å²) in [6.45, 7) is 10.9. The Morgan fingerprint density at radius 2 is 1.91 bits per heavy atom. The number of aliphatic hydroxyl groups is 1. The summed E-state index contributed by atoms with van der Waals surface area (Å²) < 4.78 is 9.61. The molecule has 0 saturated carbocycles. The van der Waals surface area contributed by atoms with Gasteiger partial charge in [-0.2, -0.15) is 0 Å². The summed E-state index contributed by atoms with van der Waals surface area (Å²) in [7, 11) is 1.14. The van der Waals surface area contributed by atoms with E-state index in [1.54, 1.807) is 20.8 Å². The Morgan fingerprint density at radius 1 is 1.32 bits per heavy atom. The normalized spacial score (nSPS) is 13.5. The number of ether oxygens (including phenoxy) is 2. The number of aliphatic hydroxyl groups excluding tert-OH is 1. The predicted octanol–water partition coefficient (Wildman–Crippen LogP) is 0.540. The molecule has 1 amide bonds. The molecule has 2 N–H and O–H groups in total. The number of carbonyl (C=O) groups is 3. The first-order chi connectivity index (χ1) is 10.1. The lowest BCUT2D eigenvalue weighted by Crippen LogP contribution is -2.46. The second kappa shape index (κ2) is 9.00. The SMILES string of the molecule is [C-]#[N+]C[C@@H](C[C@H](NC(=O)OC(C)(C)C)C(=O)OC)C(=O)CO. The first-order valence-corrected chi connectivity index (χ1v) is 6.68. The molecule has 0 rings (SSSR count). The maximum atomic E-state index is 11.7. The molecule has 0 aromatic carbocycles. The van der Waals surface area contributed by atoms with E-state index in [1.165, 1.54) is 0 Å². The predicted molar refractivity (Wildman–Crippen MR) is 76.8 cm³/mol. The topological polar surface area (TPSA) is 106 Å². The third-order valence-corrected chi connectivity index (χ3v) is 2.62. The first kappa shape index (κ1) is 19.9. The highest BCUT2D eigenvalue weighted by atomic mass is 16.6. The van der Waals surface area contributed by atoms with Crippen molar-refractivity contribution in [3.8, 4) is 0 Å². The van der Waals surface area contributed by atoms with Crippen LogP contribution in [0.3, 0.4) is 0 Å². The van der Waals surface area contributed by atoms with Crippen molar-refractivity contribution >= 4 is 17.8 Å². The summed E-state index contributed by atoms with van der Waals surface area (Å²) in [5.41, 5.74) is -0.748. The molecule has 0 fully saturated rings. The number of esters is 1. The number of rotatable bonds is 7. The van der Waals surface area contributed by atoms with E-state index in [4.69, 9.17) is 16.4 Å². The standard InChI is InChI=1S/C14H22N2O6/c1-14(2,3)22-13(20)16-10(12(19)21-5)6-9(7-15-4)11(18)8-17/h9-10,17H,6-8H2,1-3,5H3,(H,16,20)/t9-,10+/m1/s1. The van der Waals surface area contributed by atoms with Crippen molar-refractivity contribution in [2.24, 2.45) is 5.92 Å². The van der Waals surface area contributed by atoms with Crippen molar-refractivity contribution in [1.29, 1.82) is 0 Å². The Labute approximate surface area is 129 Å². The van der Waals surface area contributed by atoms with Crippen molar-refractivity contribution in [3.05, 3.63) is 11.4 Å². The molecule has 0 aromatic heterocycles. The van der Waals surface area contributed by atoms with Crippen LogP contribution in [-0.4, -0.2) is 54.9 Å². The van der Waals surface area contributed by atoms with Crippen LogP contribution in [0.4, 0.5) is 4.79 Å². The Bertz CT molecular complexity index is 449. The highest BCUT2D eigenvalue weighted by Crippen LogP contribution is 2.12. The lowest BCUT2D eigenvalue weighted by Gasteiger charge is -2.23. The Kier molecular flexibility index (Phi) is 8.12. The zero-order chi connectivity index (χ0) is 17.3. The zero-order valence-electron chi connectivity index (χ0n) is 13.2. The van der Waals surface area contributed by atoms with Gasteiger partial charge in [-0.25, -0.2) is 16.2 Å². The zero-order valence-corrected chi connectivity index (χ0v) is 13.2. The lowest BCUT2D eigenvalue weighted by atomic mass is 9.95. The van der Waals surface area contributed by atoms with E-state index in [0.29, 0.717) is 0 Å². The average molecular weight is 314 g/mol. The van der Waals surface area contributed by atoms with Gasteiger partial charge in [0.15, 0.2) is 5.78 Å². The average Bonchev–Trinajstić information content (AvgIpc) is 2.42. The maximum absolute atomic E-state index is 11.7. The van der Waals surface area contributed by atoms with Gasteiger partial charge >= 0.3 is 12.1 Å². The molecule has 8 heteroatoms. The number of carbonyl (C=O) groups excluding carboxylic acids is 3. The van der Waals surface area contributed by atoms with Crippen molar-refractivity contribution in [2.75, 3.05) is 20.3 Å². The molecule has 0 aliphatic heterocycles. The Morgan fingerprint density at radius 3 is 2.32 bits per heavy atom. The van der Waals surface area contributed by atoms with E-state index in [1.807, 2.05) is 0 Å². The smallest absolute Gasteiger partial charge is 0.408 e. The minimum Gasteiger partial charge on any atom is -0.467 e. The summed E-state index contributed by atoms with van der Waals surface area (Å²) in [5.74, 6) is -2.20. The lowest BCUT2D eigenvalue weighted by molar-refractivity contribution is -0.143. The monoisotopic (exact) mass is 314 g/mol. The van der Waals surface area contributed by atoms with Crippen molar-refractivity contribution < 1.29 is 29.0 Å². The quantitative estimate of drug-likeness (QED) is 0.525. The van der Waals surface area contributed by atoms with Gasteiger partial charge in [-0.05, 0) is 27.2 Å². The molecule has 0 saturated heterocycles. The largest absolute Gasteiger partial charge is 0.467 e. The Hall–Kier alpha value is -2.14. The molecule has 0 spiro atoms. The van der Waals surface area contributed by atoms with Crippen LogP contribution >= 0.6 is 0 Å². The molecule has 0 aliphatic rings. The van der Waals surface area contributed by atoms with Gasteiger partial charge in [0, 0.05) is 0 Å².